The van der Waals surface area contributed by atoms with E-state index in [0.717, 1.165) is 15.2 Å². The smallest absolute Gasteiger partial charge is 0.329 e. The number of halogens is 1. The van der Waals surface area contributed by atoms with Crippen LogP contribution in [0.5, 0.6) is 5.75 Å². The van der Waals surface area contributed by atoms with Gasteiger partial charge in [-0.25, -0.2) is 5.43 Å². The molecule has 0 saturated carbocycles. The van der Waals surface area contributed by atoms with Gasteiger partial charge in [-0.2, -0.15) is 5.10 Å². The van der Waals surface area contributed by atoms with Crippen molar-refractivity contribution in [1.29, 1.82) is 0 Å². The van der Waals surface area contributed by atoms with Gasteiger partial charge in [0.2, 0.25) is 0 Å². The number of nitrogens with one attached hydrogen (secondary N) is 2. The van der Waals surface area contributed by atoms with E-state index in [1.165, 1.54) is 6.21 Å². The van der Waals surface area contributed by atoms with Crippen LogP contribution in [0.25, 0.3) is 10.8 Å². The monoisotopic (exact) mass is 411 g/mol. The molecule has 0 atom stereocenters. The van der Waals surface area contributed by atoms with Crippen molar-refractivity contribution in [3.63, 3.8) is 0 Å². The minimum absolute atomic E-state index is 0.0280. The Kier molecular flexibility index (Phi) is 5.28. The van der Waals surface area contributed by atoms with E-state index < -0.39 is 11.8 Å². The lowest BCUT2D eigenvalue weighted by Crippen LogP contribution is -2.32. The summed E-state index contributed by atoms with van der Waals surface area (Å²) in [4.78, 5) is 23.7. The number of nitrogens with zero attached hydrogens (tertiary/aromatic N) is 1. The van der Waals surface area contributed by atoms with Crippen LogP contribution in [0, 0.1) is 0 Å². The van der Waals surface area contributed by atoms with Crippen molar-refractivity contribution in [1.82, 2.24) is 5.43 Å². The van der Waals surface area contributed by atoms with E-state index in [9.17, 15) is 14.7 Å². The minimum atomic E-state index is -0.916. The van der Waals surface area contributed by atoms with Crippen LogP contribution in [0.4, 0.5) is 5.69 Å². The lowest BCUT2D eigenvalue weighted by molar-refractivity contribution is -0.136. The van der Waals surface area contributed by atoms with E-state index in [2.05, 4.69) is 31.8 Å². The van der Waals surface area contributed by atoms with Crippen molar-refractivity contribution < 1.29 is 14.7 Å². The third-order valence-corrected chi connectivity index (χ3v) is 4.09. The molecule has 0 saturated heterocycles. The molecule has 130 valence electrons. The van der Waals surface area contributed by atoms with Crippen molar-refractivity contribution in [2.45, 2.75) is 0 Å². The molecule has 0 bridgehead atoms. The summed E-state index contributed by atoms with van der Waals surface area (Å²) in [6, 6.07) is 17.6. The maximum Gasteiger partial charge on any atom is 0.329 e. The van der Waals surface area contributed by atoms with Crippen molar-refractivity contribution >= 4 is 50.4 Å². The average molecular weight is 412 g/mol. The van der Waals surface area contributed by atoms with E-state index in [4.69, 9.17) is 0 Å². The number of benzene rings is 3. The SMILES string of the molecule is O=C(N/N=C/c1c(O)ccc2ccccc12)C(=O)Nc1cccc(Br)c1. The first-order valence-corrected chi connectivity index (χ1v) is 8.44. The van der Waals surface area contributed by atoms with Crippen molar-refractivity contribution in [2.24, 2.45) is 5.10 Å². The Morgan fingerprint density at radius 3 is 2.62 bits per heavy atom. The molecule has 3 N–H and O–H groups in total. The fourth-order valence-electron chi connectivity index (χ4n) is 2.38. The molecule has 26 heavy (non-hydrogen) atoms. The highest BCUT2D eigenvalue weighted by Crippen LogP contribution is 2.25. The molecular formula is C19H14BrN3O3. The number of anilines is 1. The predicted molar refractivity (Wildman–Crippen MR) is 104 cm³/mol. The summed E-state index contributed by atoms with van der Waals surface area (Å²) in [7, 11) is 0. The number of phenolic OH excluding ortho intramolecular Hbond substituents is 1. The van der Waals surface area contributed by atoms with Gasteiger partial charge in [0.25, 0.3) is 0 Å². The highest BCUT2D eigenvalue weighted by Gasteiger charge is 2.13. The maximum atomic E-state index is 11.9. The van der Waals surface area contributed by atoms with Gasteiger partial charge in [0.1, 0.15) is 5.75 Å². The largest absolute Gasteiger partial charge is 0.507 e. The summed E-state index contributed by atoms with van der Waals surface area (Å²) >= 11 is 3.28. The zero-order valence-electron chi connectivity index (χ0n) is 13.4. The number of hydrogen-bond acceptors (Lipinski definition) is 4. The van der Waals surface area contributed by atoms with Crippen LogP contribution in [-0.2, 0) is 9.59 Å². The quantitative estimate of drug-likeness (QED) is 0.350. The molecule has 3 rings (SSSR count). The van der Waals surface area contributed by atoms with Gasteiger partial charge in [-0.05, 0) is 35.0 Å². The van der Waals surface area contributed by atoms with Crippen LogP contribution < -0.4 is 10.7 Å². The third-order valence-electron chi connectivity index (χ3n) is 3.60. The van der Waals surface area contributed by atoms with Gasteiger partial charge in [0.15, 0.2) is 0 Å². The molecule has 0 aromatic heterocycles. The summed E-state index contributed by atoms with van der Waals surface area (Å²) in [6.45, 7) is 0. The van der Waals surface area contributed by atoms with Crippen LogP contribution in [0.1, 0.15) is 5.56 Å². The molecular weight excluding hydrogens is 398 g/mol. The average Bonchev–Trinajstić information content (AvgIpc) is 2.63. The second-order valence-corrected chi connectivity index (χ2v) is 6.30. The summed E-state index contributed by atoms with van der Waals surface area (Å²) in [5.74, 6) is -1.73. The molecule has 3 aromatic rings. The predicted octanol–water partition coefficient (Wildman–Crippen LogP) is 3.40. The number of phenols is 1. The normalized spacial score (nSPS) is 10.8. The first-order chi connectivity index (χ1) is 12.5. The van der Waals surface area contributed by atoms with Gasteiger partial charge in [-0.1, -0.05) is 52.3 Å². The third kappa shape index (κ3) is 4.07. The number of aromatic hydroxyl groups is 1. The lowest BCUT2D eigenvalue weighted by Gasteiger charge is -2.05. The maximum absolute atomic E-state index is 11.9. The number of amides is 2. The molecule has 0 unspecified atom stereocenters. The first-order valence-electron chi connectivity index (χ1n) is 7.65. The molecule has 0 heterocycles. The van der Waals surface area contributed by atoms with Gasteiger partial charge in [-0.15, -0.1) is 0 Å². The Balaban J connectivity index is 1.69. The molecule has 0 aliphatic rings. The van der Waals surface area contributed by atoms with E-state index in [0.29, 0.717) is 11.3 Å². The lowest BCUT2D eigenvalue weighted by atomic mass is 10.0. The Labute approximate surface area is 157 Å². The van der Waals surface area contributed by atoms with E-state index in [-0.39, 0.29) is 5.75 Å². The fourth-order valence-corrected chi connectivity index (χ4v) is 2.78. The number of hydrazone groups is 1. The van der Waals surface area contributed by atoms with Crippen LogP contribution in [0.15, 0.2) is 70.2 Å². The number of hydrogen-bond donors (Lipinski definition) is 3. The number of carbonyl (C=O) groups excluding carboxylic acids is 2. The minimum Gasteiger partial charge on any atom is -0.507 e. The van der Waals surface area contributed by atoms with Crippen LogP contribution in [0.3, 0.4) is 0 Å². The highest BCUT2D eigenvalue weighted by molar-refractivity contribution is 9.10. The summed E-state index contributed by atoms with van der Waals surface area (Å²) in [5.41, 5.74) is 3.09. The second-order valence-electron chi connectivity index (χ2n) is 5.38. The Morgan fingerprint density at radius 1 is 1.00 bits per heavy atom. The van der Waals surface area contributed by atoms with Crippen LogP contribution in [0.2, 0.25) is 0 Å². The Bertz CT molecular complexity index is 1020. The molecule has 3 aromatic carbocycles. The van der Waals surface area contributed by atoms with Crippen molar-refractivity contribution in [3.8, 4) is 5.75 Å². The number of rotatable bonds is 3. The summed E-state index contributed by atoms with van der Waals surface area (Å²) < 4.78 is 0.778. The Morgan fingerprint density at radius 2 is 1.81 bits per heavy atom. The second kappa shape index (κ2) is 7.79. The fraction of sp³-hybridized carbons (Fsp3) is 0. The molecule has 0 aliphatic heterocycles. The van der Waals surface area contributed by atoms with E-state index in [1.54, 1.807) is 36.4 Å². The first kappa shape index (κ1) is 17.6. The van der Waals surface area contributed by atoms with Gasteiger partial charge >= 0.3 is 11.8 Å². The highest BCUT2D eigenvalue weighted by atomic mass is 79.9. The van der Waals surface area contributed by atoms with Gasteiger partial charge in [0.05, 0.1) is 6.21 Å². The number of carbonyl (C=O) groups is 2. The van der Waals surface area contributed by atoms with E-state index in [1.807, 2.05) is 24.3 Å². The van der Waals surface area contributed by atoms with Crippen LogP contribution >= 0.6 is 15.9 Å². The standard InChI is InChI=1S/C19H14BrN3O3/c20-13-5-3-6-14(10-13)22-18(25)19(26)23-21-11-16-15-7-2-1-4-12(15)8-9-17(16)24/h1-11,24H,(H,22,25)(H,23,26)/b21-11+. The van der Waals surface area contributed by atoms with Gasteiger partial charge in [0, 0.05) is 15.7 Å². The summed E-state index contributed by atoms with van der Waals surface area (Å²) in [5, 5.41) is 18.0. The molecule has 0 radical (unpaired) electrons. The van der Waals surface area contributed by atoms with Crippen molar-refractivity contribution in [2.75, 3.05) is 5.32 Å². The Hall–Kier alpha value is -3.19. The molecule has 0 aliphatic carbocycles. The summed E-state index contributed by atoms with van der Waals surface area (Å²) in [6.07, 6.45) is 1.31. The molecule has 0 fully saturated rings. The molecule has 2 amide bonds. The van der Waals surface area contributed by atoms with Crippen LogP contribution in [-0.4, -0.2) is 23.1 Å². The van der Waals surface area contributed by atoms with Gasteiger partial charge < -0.3 is 10.4 Å². The van der Waals surface area contributed by atoms with Gasteiger partial charge in [-0.3, -0.25) is 9.59 Å². The van der Waals surface area contributed by atoms with E-state index >= 15 is 0 Å². The molecule has 0 spiro atoms. The zero-order chi connectivity index (χ0) is 18.5. The topological polar surface area (TPSA) is 90.8 Å². The molecule has 7 heteroatoms. The number of fused-ring (bicyclic) bond motifs is 1. The zero-order valence-corrected chi connectivity index (χ0v) is 15.0. The molecule has 6 nitrogen and oxygen atoms in total. The van der Waals surface area contributed by atoms with Crippen molar-refractivity contribution in [3.05, 3.63) is 70.7 Å².